The molecule has 2 rings (SSSR count). The Morgan fingerprint density at radius 2 is 1.81 bits per heavy atom. The summed E-state index contributed by atoms with van der Waals surface area (Å²) in [6, 6.07) is 10.0. The Kier molecular flexibility index (Phi) is 5.31. The van der Waals surface area contributed by atoms with Crippen LogP contribution >= 0.6 is 15.9 Å². The summed E-state index contributed by atoms with van der Waals surface area (Å²) < 4.78 is 6.54. The number of benzene rings is 1. The molecule has 5 heteroatoms. The maximum atomic E-state index is 5.63. The second-order valence-electron chi connectivity index (χ2n) is 5.06. The first kappa shape index (κ1) is 15.9. The first-order chi connectivity index (χ1) is 10.1. The lowest BCUT2D eigenvalue weighted by molar-refractivity contribution is 0.129. The lowest BCUT2D eigenvalue weighted by Crippen LogP contribution is -2.13. The van der Waals surface area contributed by atoms with E-state index in [4.69, 9.17) is 9.72 Å². The molecule has 0 radical (unpaired) electrons. The van der Waals surface area contributed by atoms with Crippen LogP contribution in [-0.2, 0) is 4.74 Å². The van der Waals surface area contributed by atoms with E-state index in [2.05, 4.69) is 40.1 Å². The summed E-state index contributed by atoms with van der Waals surface area (Å²) >= 11 is 3.58. The highest BCUT2D eigenvalue weighted by molar-refractivity contribution is 9.10. The Bertz CT molecular complexity index is 602. The lowest BCUT2D eigenvalue weighted by Gasteiger charge is -2.19. The third-order valence-electron chi connectivity index (χ3n) is 3.25. The van der Waals surface area contributed by atoms with Gasteiger partial charge in [0.1, 0.15) is 11.9 Å². The summed E-state index contributed by atoms with van der Waals surface area (Å²) in [6.07, 6.45) is -0.274. The van der Waals surface area contributed by atoms with Crippen molar-refractivity contribution in [1.29, 1.82) is 0 Å². The van der Waals surface area contributed by atoms with Gasteiger partial charge in [-0.2, -0.15) is 0 Å². The highest BCUT2D eigenvalue weighted by Gasteiger charge is 2.21. The minimum absolute atomic E-state index is 0.274. The van der Waals surface area contributed by atoms with Crippen LogP contribution in [0.2, 0.25) is 0 Å². The van der Waals surface area contributed by atoms with E-state index in [1.165, 1.54) is 0 Å². The van der Waals surface area contributed by atoms with Crippen LogP contribution in [0.1, 0.15) is 43.0 Å². The van der Waals surface area contributed by atoms with Gasteiger partial charge in [-0.1, -0.05) is 44.2 Å². The molecule has 0 aliphatic heterocycles. The van der Waals surface area contributed by atoms with E-state index in [0.717, 1.165) is 21.5 Å². The first-order valence-electron chi connectivity index (χ1n) is 6.91. The van der Waals surface area contributed by atoms with Crippen molar-refractivity contribution in [2.75, 3.05) is 19.5 Å². The normalized spacial score (nSPS) is 12.5. The minimum Gasteiger partial charge on any atom is -0.372 e. The van der Waals surface area contributed by atoms with Crippen LogP contribution in [0.4, 0.5) is 5.82 Å². The summed E-state index contributed by atoms with van der Waals surface area (Å²) in [4.78, 5) is 9.29. The van der Waals surface area contributed by atoms with Crippen molar-refractivity contribution < 1.29 is 4.74 Å². The zero-order valence-corrected chi connectivity index (χ0v) is 14.3. The molecule has 1 N–H and O–H groups in total. The van der Waals surface area contributed by atoms with E-state index < -0.39 is 0 Å². The maximum Gasteiger partial charge on any atom is 0.164 e. The molecule has 0 saturated heterocycles. The van der Waals surface area contributed by atoms with E-state index in [-0.39, 0.29) is 6.10 Å². The van der Waals surface area contributed by atoms with E-state index in [9.17, 15) is 0 Å². The topological polar surface area (TPSA) is 47.0 Å². The van der Waals surface area contributed by atoms with Crippen LogP contribution in [0.25, 0.3) is 0 Å². The zero-order chi connectivity index (χ0) is 15.4. The molecule has 1 aromatic carbocycles. The van der Waals surface area contributed by atoms with E-state index in [1.54, 1.807) is 7.11 Å². The average molecular weight is 350 g/mol. The Hall–Kier alpha value is -1.46. The predicted molar refractivity (Wildman–Crippen MR) is 88.7 cm³/mol. The van der Waals surface area contributed by atoms with Gasteiger partial charge >= 0.3 is 0 Å². The summed E-state index contributed by atoms with van der Waals surface area (Å²) in [7, 11) is 3.53. The molecular weight excluding hydrogens is 330 g/mol. The van der Waals surface area contributed by atoms with Crippen LogP contribution in [-0.4, -0.2) is 24.1 Å². The Labute approximate surface area is 134 Å². The number of rotatable bonds is 5. The molecule has 1 unspecified atom stereocenters. The van der Waals surface area contributed by atoms with Crippen molar-refractivity contribution in [2.45, 2.75) is 25.9 Å². The molecular formula is C16H20BrN3O. The van der Waals surface area contributed by atoms with Gasteiger partial charge in [0.15, 0.2) is 5.82 Å². The summed E-state index contributed by atoms with van der Waals surface area (Å²) in [5.41, 5.74) is 2.02. The van der Waals surface area contributed by atoms with Crippen molar-refractivity contribution in [3.05, 3.63) is 51.9 Å². The quantitative estimate of drug-likeness (QED) is 0.880. The second-order valence-corrected chi connectivity index (χ2v) is 5.85. The number of hydrogen-bond donors (Lipinski definition) is 1. The molecule has 112 valence electrons. The van der Waals surface area contributed by atoms with Crippen LogP contribution < -0.4 is 5.32 Å². The van der Waals surface area contributed by atoms with Crippen molar-refractivity contribution in [3.63, 3.8) is 0 Å². The molecule has 0 aliphatic rings. The Morgan fingerprint density at radius 1 is 1.14 bits per heavy atom. The molecule has 0 aliphatic carbocycles. The smallest absolute Gasteiger partial charge is 0.164 e. The molecule has 0 spiro atoms. The van der Waals surface area contributed by atoms with Crippen molar-refractivity contribution >= 4 is 21.7 Å². The SMILES string of the molecule is CNc1nc(C(OC)c2ccccc2)nc(C(C)C)c1Br. The average Bonchev–Trinajstić information content (AvgIpc) is 2.50. The molecule has 0 amide bonds. The van der Waals surface area contributed by atoms with Crippen LogP contribution in [0.5, 0.6) is 0 Å². The maximum absolute atomic E-state index is 5.63. The molecule has 0 fully saturated rings. The number of anilines is 1. The van der Waals surface area contributed by atoms with Crippen molar-refractivity contribution in [2.24, 2.45) is 0 Å². The monoisotopic (exact) mass is 349 g/mol. The van der Waals surface area contributed by atoms with Crippen LogP contribution in [0.15, 0.2) is 34.8 Å². The van der Waals surface area contributed by atoms with Gasteiger partial charge in [0.05, 0.1) is 10.2 Å². The number of halogens is 1. The van der Waals surface area contributed by atoms with Gasteiger partial charge < -0.3 is 10.1 Å². The highest BCUT2D eigenvalue weighted by Crippen LogP contribution is 2.32. The third-order valence-corrected chi connectivity index (χ3v) is 4.03. The summed E-state index contributed by atoms with van der Waals surface area (Å²) in [6.45, 7) is 4.22. The lowest BCUT2D eigenvalue weighted by atomic mass is 10.1. The molecule has 4 nitrogen and oxygen atoms in total. The number of nitrogens with zero attached hydrogens (tertiary/aromatic N) is 2. The van der Waals surface area contributed by atoms with Gasteiger partial charge in [0, 0.05) is 14.2 Å². The van der Waals surface area contributed by atoms with Crippen LogP contribution in [0, 0.1) is 0 Å². The van der Waals surface area contributed by atoms with E-state index in [1.807, 2.05) is 37.4 Å². The fourth-order valence-electron chi connectivity index (χ4n) is 2.17. The number of ether oxygens (including phenoxy) is 1. The van der Waals surface area contributed by atoms with Gasteiger partial charge in [0.25, 0.3) is 0 Å². The standard InChI is InChI=1S/C16H20BrN3O/c1-10(2)13-12(17)15(18-3)20-16(19-13)14(21-4)11-8-6-5-7-9-11/h5-10,14H,1-4H3,(H,18,19,20). The molecule has 1 atom stereocenters. The van der Waals surface area contributed by atoms with E-state index in [0.29, 0.717) is 11.7 Å². The summed E-state index contributed by atoms with van der Waals surface area (Å²) in [5, 5.41) is 3.11. The van der Waals surface area contributed by atoms with Crippen molar-refractivity contribution in [3.8, 4) is 0 Å². The fraction of sp³-hybridized carbons (Fsp3) is 0.375. The molecule has 21 heavy (non-hydrogen) atoms. The largest absolute Gasteiger partial charge is 0.372 e. The predicted octanol–water partition coefficient (Wildman–Crippen LogP) is 4.14. The highest BCUT2D eigenvalue weighted by atomic mass is 79.9. The molecule has 0 bridgehead atoms. The van der Waals surface area contributed by atoms with E-state index >= 15 is 0 Å². The minimum atomic E-state index is -0.274. The number of nitrogens with one attached hydrogen (secondary N) is 1. The number of aromatic nitrogens is 2. The van der Waals surface area contributed by atoms with Gasteiger partial charge in [-0.05, 0) is 27.4 Å². The molecule has 2 aromatic rings. The third kappa shape index (κ3) is 3.41. The van der Waals surface area contributed by atoms with Gasteiger partial charge in [-0.15, -0.1) is 0 Å². The van der Waals surface area contributed by atoms with Crippen molar-refractivity contribution in [1.82, 2.24) is 9.97 Å². The van der Waals surface area contributed by atoms with Gasteiger partial charge in [-0.25, -0.2) is 9.97 Å². The molecule has 1 aromatic heterocycles. The Morgan fingerprint density at radius 3 is 2.33 bits per heavy atom. The van der Waals surface area contributed by atoms with Crippen LogP contribution in [0.3, 0.4) is 0 Å². The number of hydrogen-bond acceptors (Lipinski definition) is 4. The fourth-order valence-corrected chi connectivity index (χ4v) is 3.00. The molecule has 1 heterocycles. The number of methoxy groups -OCH3 is 1. The zero-order valence-electron chi connectivity index (χ0n) is 12.7. The first-order valence-corrected chi connectivity index (χ1v) is 7.70. The second kappa shape index (κ2) is 7.00. The van der Waals surface area contributed by atoms with Gasteiger partial charge in [0.2, 0.25) is 0 Å². The molecule has 0 saturated carbocycles. The van der Waals surface area contributed by atoms with Gasteiger partial charge in [-0.3, -0.25) is 0 Å². The summed E-state index contributed by atoms with van der Waals surface area (Å²) in [5.74, 6) is 1.74. The Balaban J connectivity index is 2.54.